The van der Waals surface area contributed by atoms with Gasteiger partial charge < -0.3 is 9.30 Å². The van der Waals surface area contributed by atoms with Crippen LogP contribution in [0.3, 0.4) is 0 Å². The number of carbonyl (C=O) groups is 1. The first-order chi connectivity index (χ1) is 12.6. The highest BCUT2D eigenvalue weighted by atomic mass is 79.9. The van der Waals surface area contributed by atoms with Gasteiger partial charge >= 0.3 is 0 Å². The molecule has 0 fully saturated rings. The summed E-state index contributed by atoms with van der Waals surface area (Å²) in [6.45, 7) is 0. The van der Waals surface area contributed by atoms with Gasteiger partial charge in [-0.15, -0.1) is 0 Å². The van der Waals surface area contributed by atoms with Crippen LogP contribution in [0.15, 0.2) is 75.0 Å². The normalized spacial score (nSPS) is 10.9. The van der Waals surface area contributed by atoms with Gasteiger partial charge in [0, 0.05) is 12.4 Å². The largest absolute Gasteiger partial charge is 0.494 e. The van der Waals surface area contributed by atoms with Gasteiger partial charge in [-0.25, -0.2) is 5.43 Å². The first-order valence-electron chi connectivity index (χ1n) is 7.69. The van der Waals surface area contributed by atoms with E-state index in [0.29, 0.717) is 11.3 Å². The molecule has 0 atom stereocenters. The third-order valence-corrected chi connectivity index (χ3v) is 4.81. The summed E-state index contributed by atoms with van der Waals surface area (Å²) < 4.78 is 8.74. The van der Waals surface area contributed by atoms with E-state index in [4.69, 9.17) is 4.74 Å². The molecular weight excluding hydrogens is 462 g/mol. The molecule has 0 radical (unpaired) electrons. The Balaban J connectivity index is 1.77. The molecule has 0 aliphatic rings. The fraction of sp³-hybridized carbons (Fsp3) is 0.0526. The Labute approximate surface area is 167 Å². The SMILES string of the molecule is COc1c(Br)cc(/C=N/NC(=O)c2ccccc2-n2cccc2)cc1Br. The molecule has 0 spiro atoms. The molecule has 0 bridgehead atoms. The van der Waals surface area contributed by atoms with E-state index in [1.807, 2.05) is 59.4 Å². The van der Waals surface area contributed by atoms with Crippen LogP contribution in [0.1, 0.15) is 15.9 Å². The fourth-order valence-electron chi connectivity index (χ4n) is 2.46. The van der Waals surface area contributed by atoms with Gasteiger partial charge in [0.1, 0.15) is 5.75 Å². The monoisotopic (exact) mass is 475 g/mol. The second-order valence-electron chi connectivity index (χ2n) is 5.32. The molecule has 5 nitrogen and oxygen atoms in total. The highest BCUT2D eigenvalue weighted by molar-refractivity contribution is 9.11. The average Bonchev–Trinajstić information content (AvgIpc) is 3.16. The molecule has 2 aromatic carbocycles. The van der Waals surface area contributed by atoms with Gasteiger partial charge in [-0.2, -0.15) is 5.10 Å². The molecule has 132 valence electrons. The Morgan fingerprint density at radius 3 is 2.42 bits per heavy atom. The van der Waals surface area contributed by atoms with Gasteiger partial charge in [0.25, 0.3) is 5.91 Å². The first-order valence-corrected chi connectivity index (χ1v) is 9.27. The molecule has 1 amide bonds. The summed E-state index contributed by atoms with van der Waals surface area (Å²) >= 11 is 6.88. The third kappa shape index (κ3) is 4.05. The predicted molar refractivity (Wildman–Crippen MR) is 109 cm³/mol. The quantitative estimate of drug-likeness (QED) is 0.425. The zero-order valence-electron chi connectivity index (χ0n) is 13.8. The van der Waals surface area contributed by atoms with Gasteiger partial charge in [0.2, 0.25) is 0 Å². The maximum Gasteiger partial charge on any atom is 0.273 e. The van der Waals surface area contributed by atoms with Crippen molar-refractivity contribution in [1.82, 2.24) is 9.99 Å². The number of rotatable bonds is 5. The van der Waals surface area contributed by atoms with E-state index in [-0.39, 0.29) is 5.91 Å². The van der Waals surface area contributed by atoms with E-state index >= 15 is 0 Å². The van der Waals surface area contributed by atoms with Crippen LogP contribution in [0.5, 0.6) is 5.75 Å². The standard InChI is InChI=1S/C19H15Br2N3O2/c1-26-18-15(20)10-13(11-16(18)21)12-22-23-19(25)14-6-2-3-7-17(14)24-8-4-5-9-24/h2-12H,1H3,(H,23,25)/b22-12+. The summed E-state index contributed by atoms with van der Waals surface area (Å²) in [5.41, 5.74) is 4.71. The Morgan fingerprint density at radius 1 is 1.12 bits per heavy atom. The van der Waals surface area contributed by atoms with Crippen LogP contribution in [0.2, 0.25) is 0 Å². The summed E-state index contributed by atoms with van der Waals surface area (Å²) in [5, 5.41) is 4.06. The number of carbonyl (C=O) groups excluding carboxylic acids is 1. The minimum atomic E-state index is -0.280. The van der Waals surface area contributed by atoms with Crippen LogP contribution in [0, 0.1) is 0 Å². The van der Waals surface area contributed by atoms with Gasteiger partial charge in [-0.05, 0) is 73.8 Å². The summed E-state index contributed by atoms with van der Waals surface area (Å²) in [6.07, 6.45) is 5.36. The van der Waals surface area contributed by atoms with Gasteiger partial charge in [-0.3, -0.25) is 4.79 Å². The Kier molecular flexibility index (Phi) is 5.90. The number of amides is 1. The second-order valence-corrected chi connectivity index (χ2v) is 7.03. The average molecular weight is 477 g/mol. The first kappa shape index (κ1) is 18.4. The molecule has 1 N–H and O–H groups in total. The third-order valence-electron chi connectivity index (χ3n) is 3.64. The summed E-state index contributed by atoms with van der Waals surface area (Å²) in [7, 11) is 1.60. The predicted octanol–water partition coefficient (Wildman–Crippen LogP) is 4.77. The number of hydrogen-bond acceptors (Lipinski definition) is 3. The van der Waals surface area contributed by atoms with Crippen LogP contribution >= 0.6 is 31.9 Å². The lowest BCUT2D eigenvalue weighted by Crippen LogP contribution is -2.19. The zero-order chi connectivity index (χ0) is 18.5. The van der Waals surface area contributed by atoms with E-state index in [1.165, 1.54) is 0 Å². The van der Waals surface area contributed by atoms with Crippen molar-refractivity contribution in [3.05, 3.63) is 81.0 Å². The van der Waals surface area contributed by atoms with E-state index < -0.39 is 0 Å². The number of nitrogens with zero attached hydrogens (tertiary/aromatic N) is 2. The number of aromatic nitrogens is 1. The van der Waals surface area contributed by atoms with Crippen LogP contribution < -0.4 is 10.2 Å². The molecule has 0 aliphatic carbocycles. The van der Waals surface area contributed by atoms with Crippen molar-refractivity contribution in [3.63, 3.8) is 0 Å². The van der Waals surface area contributed by atoms with Crippen molar-refractivity contribution in [2.45, 2.75) is 0 Å². The maximum atomic E-state index is 12.5. The number of benzene rings is 2. The molecule has 0 aliphatic heterocycles. The number of halogens is 2. The highest BCUT2D eigenvalue weighted by Crippen LogP contribution is 2.33. The topological polar surface area (TPSA) is 55.6 Å². The highest BCUT2D eigenvalue weighted by Gasteiger charge is 2.11. The summed E-state index contributed by atoms with van der Waals surface area (Å²) in [5.74, 6) is 0.420. The van der Waals surface area contributed by atoms with Crippen molar-refractivity contribution < 1.29 is 9.53 Å². The molecule has 1 aromatic heterocycles. The maximum absolute atomic E-state index is 12.5. The summed E-state index contributed by atoms with van der Waals surface area (Å²) in [6, 6.07) is 14.9. The van der Waals surface area contributed by atoms with Crippen LogP contribution in [0.25, 0.3) is 5.69 Å². The number of methoxy groups -OCH3 is 1. The van der Waals surface area contributed by atoms with E-state index in [1.54, 1.807) is 19.4 Å². The van der Waals surface area contributed by atoms with Gasteiger partial charge in [-0.1, -0.05) is 12.1 Å². The lowest BCUT2D eigenvalue weighted by Gasteiger charge is -2.09. The lowest BCUT2D eigenvalue weighted by atomic mass is 10.1. The van der Waals surface area contributed by atoms with E-state index in [0.717, 1.165) is 20.2 Å². The molecule has 0 saturated heterocycles. The Morgan fingerprint density at radius 2 is 1.77 bits per heavy atom. The fourth-order valence-corrected chi connectivity index (χ4v) is 4.01. The Bertz CT molecular complexity index is 930. The van der Waals surface area contributed by atoms with Crippen molar-refractivity contribution in [2.75, 3.05) is 7.11 Å². The number of nitrogens with one attached hydrogen (secondary N) is 1. The van der Waals surface area contributed by atoms with E-state index in [2.05, 4.69) is 42.4 Å². The van der Waals surface area contributed by atoms with Crippen LogP contribution in [-0.4, -0.2) is 23.8 Å². The van der Waals surface area contributed by atoms with Gasteiger partial charge in [0.15, 0.2) is 0 Å². The molecule has 0 unspecified atom stereocenters. The number of hydrazone groups is 1. The molecule has 3 rings (SSSR count). The smallest absolute Gasteiger partial charge is 0.273 e. The molecule has 1 heterocycles. The minimum Gasteiger partial charge on any atom is -0.494 e. The zero-order valence-corrected chi connectivity index (χ0v) is 17.0. The summed E-state index contributed by atoms with van der Waals surface area (Å²) in [4.78, 5) is 12.5. The molecule has 26 heavy (non-hydrogen) atoms. The van der Waals surface area contributed by atoms with Crippen molar-refractivity contribution in [2.24, 2.45) is 5.10 Å². The van der Waals surface area contributed by atoms with Crippen molar-refractivity contribution >= 4 is 44.0 Å². The lowest BCUT2D eigenvalue weighted by molar-refractivity contribution is 0.0955. The molecule has 7 heteroatoms. The Hall–Kier alpha value is -2.38. The minimum absolute atomic E-state index is 0.280. The van der Waals surface area contributed by atoms with Crippen LogP contribution in [0.4, 0.5) is 0 Å². The van der Waals surface area contributed by atoms with Gasteiger partial charge in [0.05, 0.1) is 33.5 Å². The number of para-hydroxylation sites is 1. The van der Waals surface area contributed by atoms with E-state index in [9.17, 15) is 4.79 Å². The second kappa shape index (κ2) is 8.33. The number of ether oxygens (including phenoxy) is 1. The van der Waals surface area contributed by atoms with Crippen molar-refractivity contribution in [3.8, 4) is 11.4 Å². The molecular formula is C19H15Br2N3O2. The van der Waals surface area contributed by atoms with Crippen LogP contribution in [-0.2, 0) is 0 Å². The number of hydrogen-bond donors (Lipinski definition) is 1. The molecule has 0 saturated carbocycles. The van der Waals surface area contributed by atoms with Crippen molar-refractivity contribution in [1.29, 1.82) is 0 Å². The molecule has 3 aromatic rings.